The molecule has 0 radical (unpaired) electrons. The van der Waals surface area contributed by atoms with Gasteiger partial charge in [0.05, 0.1) is 5.41 Å². The average Bonchev–Trinajstić information content (AvgIpc) is 3.36. The monoisotopic (exact) mass is 330 g/mol. The van der Waals surface area contributed by atoms with Crippen LogP contribution in [0.5, 0.6) is 0 Å². The van der Waals surface area contributed by atoms with Crippen LogP contribution < -0.4 is 11.1 Å². The van der Waals surface area contributed by atoms with Gasteiger partial charge in [0, 0.05) is 25.7 Å². The van der Waals surface area contributed by atoms with Gasteiger partial charge in [-0.15, -0.1) is 0 Å². The third-order valence-corrected chi connectivity index (χ3v) is 5.66. The fourth-order valence-corrected chi connectivity index (χ4v) is 3.51. The zero-order valence-electron chi connectivity index (χ0n) is 14.4. The predicted molar refractivity (Wildman–Crippen MR) is 91.5 cm³/mol. The Labute approximate surface area is 142 Å². The molecule has 1 aliphatic carbocycles. The molecule has 0 spiro atoms. The number of ether oxygens (including phenoxy) is 1. The largest absolute Gasteiger partial charge is 0.381 e. The summed E-state index contributed by atoms with van der Waals surface area (Å²) in [6.45, 7) is 5.55. The van der Waals surface area contributed by atoms with Gasteiger partial charge >= 0.3 is 0 Å². The van der Waals surface area contributed by atoms with Crippen LogP contribution >= 0.6 is 0 Å². The van der Waals surface area contributed by atoms with E-state index in [-0.39, 0.29) is 17.7 Å². The van der Waals surface area contributed by atoms with Crippen molar-refractivity contribution in [2.24, 2.45) is 17.1 Å². The van der Waals surface area contributed by atoms with Gasteiger partial charge in [0.25, 0.3) is 0 Å². The first kappa shape index (κ1) is 17.0. The van der Waals surface area contributed by atoms with Crippen LogP contribution in [0.25, 0.3) is 0 Å². The van der Waals surface area contributed by atoms with Crippen molar-refractivity contribution in [3.8, 4) is 0 Å². The highest BCUT2D eigenvalue weighted by atomic mass is 16.5. The van der Waals surface area contributed by atoms with E-state index >= 15 is 0 Å². The highest BCUT2D eigenvalue weighted by molar-refractivity contribution is 5.85. The predicted octanol–water partition coefficient (Wildman–Crippen LogP) is 1.81. The van der Waals surface area contributed by atoms with Gasteiger partial charge in [-0.05, 0) is 55.7 Å². The van der Waals surface area contributed by atoms with Gasteiger partial charge in [-0.3, -0.25) is 9.59 Å². The van der Waals surface area contributed by atoms with Crippen molar-refractivity contribution in [3.05, 3.63) is 34.9 Å². The Hall–Kier alpha value is -1.88. The molecular formula is C19H26N2O3. The molecule has 3 N–H and O–H groups in total. The van der Waals surface area contributed by atoms with E-state index in [0.29, 0.717) is 38.5 Å². The van der Waals surface area contributed by atoms with Gasteiger partial charge in [-0.1, -0.05) is 18.2 Å². The number of rotatable bonds is 5. The maximum absolute atomic E-state index is 12.5. The van der Waals surface area contributed by atoms with Crippen LogP contribution in [0.15, 0.2) is 18.2 Å². The summed E-state index contributed by atoms with van der Waals surface area (Å²) in [5.74, 6) is -0.00154. The van der Waals surface area contributed by atoms with E-state index in [9.17, 15) is 9.59 Å². The van der Waals surface area contributed by atoms with Gasteiger partial charge in [0.1, 0.15) is 0 Å². The Morgan fingerprint density at radius 2 is 1.96 bits per heavy atom. The molecule has 2 atom stereocenters. The lowest BCUT2D eigenvalue weighted by Crippen LogP contribution is -2.49. The van der Waals surface area contributed by atoms with Crippen LogP contribution in [0, 0.1) is 25.2 Å². The highest BCUT2D eigenvalue weighted by Crippen LogP contribution is 2.48. The normalized spacial score (nSPS) is 25.1. The Balaban J connectivity index is 1.58. The number of benzene rings is 1. The molecule has 1 aromatic carbocycles. The van der Waals surface area contributed by atoms with Crippen molar-refractivity contribution in [1.82, 2.24) is 5.32 Å². The van der Waals surface area contributed by atoms with E-state index in [0.717, 1.165) is 6.42 Å². The lowest BCUT2D eigenvalue weighted by molar-refractivity contribution is -0.134. The Morgan fingerprint density at radius 1 is 1.25 bits per heavy atom. The smallest absolute Gasteiger partial charge is 0.225 e. The van der Waals surface area contributed by atoms with E-state index in [1.807, 2.05) is 0 Å². The molecular weight excluding hydrogens is 304 g/mol. The molecule has 24 heavy (non-hydrogen) atoms. The number of nitrogens with two attached hydrogens (primary N) is 1. The van der Waals surface area contributed by atoms with E-state index in [2.05, 4.69) is 37.4 Å². The minimum atomic E-state index is -0.654. The van der Waals surface area contributed by atoms with Crippen LogP contribution in [0.2, 0.25) is 0 Å². The number of aryl methyl sites for hydroxylation is 2. The Bertz CT molecular complexity index is 650. The lowest BCUT2D eigenvalue weighted by Gasteiger charge is -2.34. The highest BCUT2D eigenvalue weighted by Gasteiger charge is 2.45. The SMILES string of the molecule is Cc1ccc([C@@H]2C[C@@H]2C(=O)NCC2(C(N)=O)CCOCC2)cc1C. The average molecular weight is 330 g/mol. The van der Waals surface area contributed by atoms with Crippen LogP contribution in [0.3, 0.4) is 0 Å². The van der Waals surface area contributed by atoms with Gasteiger partial charge < -0.3 is 15.8 Å². The Kier molecular flexibility index (Phi) is 4.63. The summed E-state index contributed by atoms with van der Waals surface area (Å²) >= 11 is 0. The van der Waals surface area contributed by atoms with Crippen LogP contribution in [-0.4, -0.2) is 31.6 Å². The third kappa shape index (κ3) is 3.31. The molecule has 1 saturated heterocycles. The molecule has 1 aliphatic heterocycles. The van der Waals surface area contributed by atoms with Crippen LogP contribution in [0.4, 0.5) is 0 Å². The summed E-state index contributed by atoms with van der Waals surface area (Å²) < 4.78 is 5.32. The first-order valence-electron chi connectivity index (χ1n) is 8.65. The summed E-state index contributed by atoms with van der Waals surface area (Å²) in [5.41, 5.74) is 8.68. The maximum atomic E-state index is 12.5. The molecule has 1 aromatic rings. The van der Waals surface area contributed by atoms with Crippen molar-refractivity contribution in [3.63, 3.8) is 0 Å². The van der Waals surface area contributed by atoms with Crippen molar-refractivity contribution in [2.45, 2.75) is 39.0 Å². The van der Waals surface area contributed by atoms with E-state index in [4.69, 9.17) is 10.5 Å². The van der Waals surface area contributed by atoms with Crippen molar-refractivity contribution in [2.75, 3.05) is 19.8 Å². The maximum Gasteiger partial charge on any atom is 0.225 e. The van der Waals surface area contributed by atoms with E-state index in [1.165, 1.54) is 16.7 Å². The zero-order valence-corrected chi connectivity index (χ0v) is 14.4. The zero-order chi connectivity index (χ0) is 17.3. The van der Waals surface area contributed by atoms with E-state index in [1.54, 1.807) is 0 Å². The lowest BCUT2D eigenvalue weighted by atomic mass is 9.79. The quantitative estimate of drug-likeness (QED) is 0.864. The number of carbonyl (C=O) groups is 2. The Morgan fingerprint density at radius 3 is 2.58 bits per heavy atom. The van der Waals surface area contributed by atoms with Gasteiger partial charge in [0.2, 0.25) is 11.8 Å². The molecule has 1 saturated carbocycles. The molecule has 0 bridgehead atoms. The number of nitrogens with one attached hydrogen (secondary N) is 1. The van der Waals surface area contributed by atoms with Crippen molar-refractivity contribution < 1.29 is 14.3 Å². The molecule has 1 heterocycles. The summed E-state index contributed by atoms with van der Waals surface area (Å²) in [4.78, 5) is 24.3. The number of hydrogen-bond donors (Lipinski definition) is 2. The topological polar surface area (TPSA) is 81.4 Å². The number of carbonyl (C=O) groups excluding carboxylic acids is 2. The van der Waals surface area contributed by atoms with E-state index < -0.39 is 5.41 Å². The van der Waals surface area contributed by atoms with Gasteiger partial charge in [-0.25, -0.2) is 0 Å². The van der Waals surface area contributed by atoms with Crippen molar-refractivity contribution in [1.29, 1.82) is 0 Å². The van der Waals surface area contributed by atoms with Crippen LogP contribution in [-0.2, 0) is 14.3 Å². The van der Waals surface area contributed by atoms with Gasteiger partial charge in [-0.2, -0.15) is 0 Å². The third-order valence-electron chi connectivity index (χ3n) is 5.66. The standard InChI is InChI=1S/C19H26N2O3/c1-12-3-4-14(9-13(12)2)15-10-16(15)17(22)21-11-19(18(20)23)5-7-24-8-6-19/h3-4,9,15-16H,5-8,10-11H2,1-2H3,(H2,20,23)(H,21,22)/t15-,16-/m0/s1. The summed E-state index contributed by atoms with van der Waals surface area (Å²) in [5, 5.41) is 2.97. The minimum Gasteiger partial charge on any atom is -0.381 e. The van der Waals surface area contributed by atoms with Gasteiger partial charge in [0.15, 0.2) is 0 Å². The molecule has 2 fully saturated rings. The minimum absolute atomic E-state index is 0.0110. The second-order valence-electron chi connectivity index (χ2n) is 7.27. The first-order chi connectivity index (χ1) is 11.4. The molecule has 5 nitrogen and oxygen atoms in total. The molecule has 0 unspecified atom stereocenters. The summed E-state index contributed by atoms with van der Waals surface area (Å²) in [7, 11) is 0. The molecule has 5 heteroatoms. The number of amides is 2. The molecule has 0 aromatic heterocycles. The fraction of sp³-hybridized carbons (Fsp3) is 0.579. The molecule has 3 rings (SSSR count). The molecule has 2 amide bonds. The van der Waals surface area contributed by atoms with Crippen molar-refractivity contribution >= 4 is 11.8 Å². The second-order valence-corrected chi connectivity index (χ2v) is 7.27. The summed E-state index contributed by atoms with van der Waals surface area (Å²) in [6, 6.07) is 6.41. The number of primary amides is 1. The van der Waals surface area contributed by atoms with Crippen LogP contribution in [0.1, 0.15) is 41.9 Å². The fourth-order valence-electron chi connectivity index (χ4n) is 3.51. The first-order valence-corrected chi connectivity index (χ1v) is 8.65. The second kappa shape index (κ2) is 6.55. The number of hydrogen-bond acceptors (Lipinski definition) is 3. The summed E-state index contributed by atoms with van der Waals surface area (Å²) in [6.07, 6.45) is 2.03. The molecule has 2 aliphatic rings. The molecule has 130 valence electrons.